The SMILES string of the molecule is COC1(c2cc3c(N[C@H](C)c4cccc(C(F)F)c4F)ncnc3n(C)c2=O)CN(C)C1. The van der Waals surface area contributed by atoms with E-state index in [2.05, 4.69) is 15.3 Å². The first kappa shape index (κ1) is 22.2. The van der Waals surface area contributed by atoms with Gasteiger partial charge in [-0.15, -0.1) is 0 Å². The van der Waals surface area contributed by atoms with Crippen LogP contribution in [0.25, 0.3) is 11.0 Å². The summed E-state index contributed by atoms with van der Waals surface area (Å²) in [6.07, 6.45) is -1.61. The number of nitrogens with one attached hydrogen (secondary N) is 1. The average molecular weight is 447 g/mol. The largest absolute Gasteiger partial charge is 0.371 e. The van der Waals surface area contributed by atoms with Crippen molar-refractivity contribution < 1.29 is 17.9 Å². The summed E-state index contributed by atoms with van der Waals surface area (Å²) in [6, 6.07) is 4.95. The number of fused-ring (bicyclic) bond motifs is 1. The van der Waals surface area contributed by atoms with Crippen molar-refractivity contribution in [1.82, 2.24) is 19.4 Å². The van der Waals surface area contributed by atoms with E-state index >= 15 is 0 Å². The molecule has 1 aliphatic heterocycles. The molecule has 0 spiro atoms. The molecule has 170 valence electrons. The fourth-order valence-corrected chi connectivity index (χ4v) is 4.30. The van der Waals surface area contributed by atoms with Crippen LogP contribution in [0.1, 0.15) is 36.1 Å². The Hall–Kier alpha value is -2.98. The molecule has 0 bridgehead atoms. The maximum atomic E-state index is 14.6. The summed E-state index contributed by atoms with van der Waals surface area (Å²) in [5.74, 6) is -0.593. The first-order valence-electron chi connectivity index (χ1n) is 10.1. The number of likely N-dealkylation sites (N-methyl/N-ethyl adjacent to an activating group) is 1. The molecule has 0 amide bonds. The lowest BCUT2D eigenvalue weighted by atomic mass is 9.86. The fraction of sp³-hybridized carbons (Fsp3) is 0.409. The van der Waals surface area contributed by atoms with Crippen LogP contribution >= 0.6 is 0 Å². The number of ether oxygens (including phenoxy) is 1. The predicted molar refractivity (Wildman–Crippen MR) is 114 cm³/mol. The molecule has 1 aromatic carbocycles. The lowest BCUT2D eigenvalue weighted by molar-refractivity contribution is -0.122. The highest BCUT2D eigenvalue weighted by Crippen LogP contribution is 2.35. The Kier molecular flexibility index (Phi) is 5.68. The molecule has 0 aliphatic carbocycles. The molecule has 1 aliphatic rings. The number of pyridine rings is 1. The standard InChI is InChI=1S/C22H24F3N5O2/c1-12(13-6-5-7-14(17(13)23)18(24)25)28-19-15-8-16(22(32-4)9-29(2)10-22)21(31)30(3)20(15)27-11-26-19/h5-8,11-12,18H,9-10H2,1-4H3,(H,26,27,28)/t12-/m1/s1. The van der Waals surface area contributed by atoms with Crippen LogP contribution in [0, 0.1) is 5.82 Å². The summed E-state index contributed by atoms with van der Waals surface area (Å²) in [5, 5.41) is 3.64. The Morgan fingerprint density at radius 1 is 1.19 bits per heavy atom. The molecule has 10 heteroatoms. The Bertz CT molecular complexity index is 1220. The van der Waals surface area contributed by atoms with Gasteiger partial charge in [0.1, 0.15) is 29.2 Å². The van der Waals surface area contributed by atoms with Gasteiger partial charge < -0.3 is 10.1 Å². The van der Waals surface area contributed by atoms with Crippen molar-refractivity contribution in [3.8, 4) is 0 Å². The van der Waals surface area contributed by atoms with Gasteiger partial charge >= 0.3 is 0 Å². The van der Waals surface area contributed by atoms with Gasteiger partial charge in [-0.1, -0.05) is 18.2 Å². The third-order valence-electron chi connectivity index (χ3n) is 6.05. The molecule has 0 radical (unpaired) electrons. The number of alkyl halides is 2. The fourth-order valence-electron chi connectivity index (χ4n) is 4.30. The van der Waals surface area contributed by atoms with Gasteiger partial charge in [-0.3, -0.25) is 14.3 Å². The second kappa shape index (κ2) is 8.18. The maximum Gasteiger partial charge on any atom is 0.266 e. The molecule has 7 nitrogen and oxygen atoms in total. The van der Waals surface area contributed by atoms with Crippen molar-refractivity contribution in [2.75, 3.05) is 32.6 Å². The summed E-state index contributed by atoms with van der Waals surface area (Å²) in [7, 11) is 5.12. The number of hydrogen-bond acceptors (Lipinski definition) is 6. The summed E-state index contributed by atoms with van der Waals surface area (Å²) in [6.45, 7) is 2.77. The number of anilines is 1. The normalized spacial score (nSPS) is 16.9. The zero-order valence-corrected chi connectivity index (χ0v) is 18.2. The maximum absolute atomic E-state index is 14.6. The second-order valence-electron chi connectivity index (χ2n) is 8.17. The van der Waals surface area contributed by atoms with E-state index in [9.17, 15) is 18.0 Å². The van der Waals surface area contributed by atoms with Crippen LogP contribution in [0.2, 0.25) is 0 Å². The van der Waals surface area contributed by atoms with Crippen molar-refractivity contribution in [1.29, 1.82) is 0 Å². The zero-order chi connectivity index (χ0) is 23.2. The zero-order valence-electron chi connectivity index (χ0n) is 18.2. The summed E-state index contributed by atoms with van der Waals surface area (Å²) in [4.78, 5) is 23.6. The number of halogens is 3. The van der Waals surface area contributed by atoms with E-state index < -0.39 is 29.4 Å². The highest BCUT2D eigenvalue weighted by molar-refractivity contribution is 5.87. The summed E-state index contributed by atoms with van der Waals surface area (Å²) in [5.41, 5.74) is -0.651. The van der Waals surface area contributed by atoms with Gasteiger partial charge in [-0.2, -0.15) is 0 Å². The minimum Gasteiger partial charge on any atom is -0.371 e. The highest BCUT2D eigenvalue weighted by atomic mass is 19.3. The molecule has 1 N–H and O–H groups in total. The first-order valence-corrected chi connectivity index (χ1v) is 10.1. The van der Waals surface area contributed by atoms with E-state index in [0.717, 1.165) is 6.07 Å². The second-order valence-corrected chi connectivity index (χ2v) is 8.17. The quantitative estimate of drug-likeness (QED) is 0.625. The summed E-state index contributed by atoms with van der Waals surface area (Å²) < 4.78 is 48.0. The number of benzene rings is 1. The van der Waals surface area contributed by atoms with Crippen LogP contribution < -0.4 is 10.9 Å². The molecule has 0 saturated carbocycles. The Morgan fingerprint density at radius 2 is 1.88 bits per heavy atom. The van der Waals surface area contributed by atoms with Crippen molar-refractivity contribution in [2.24, 2.45) is 7.05 Å². The van der Waals surface area contributed by atoms with Gasteiger partial charge in [0.15, 0.2) is 0 Å². The molecule has 1 atom stereocenters. The number of aryl methyl sites for hydroxylation is 1. The van der Waals surface area contributed by atoms with Gasteiger partial charge in [0.05, 0.1) is 22.6 Å². The topological polar surface area (TPSA) is 72.3 Å². The van der Waals surface area contributed by atoms with Gasteiger partial charge in [0, 0.05) is 32.8 Å². The van der Waals surface area contributed by atoms with Crippen LogP contribution in [0.5, 0.6) is 0 Å². The number of aromatic nitrogens is 3. The molecule has 4 rings (SSSR count). The van der Waals surface area contributed by atoms with E-state index in [1.165, 1.54) is 23.0 Å². The van der Waals surface area contributed by atoms with Crippen LogP contribution in [0.4, 0.5) is 19.0 Å². The number of rotatable bonds is 6. The Morgan fingerprint density at radius 3 is 2.50 bits per heavy atom. The van der Waals surface area contributed by atoms with Gasteiger partial charge in [0.25, 0.3) is 12.0 Å². The molecule has 1 fully saturated rings. The molecule has 3 aromatic rings. The lowest BCUT2D eigenvalue weighted by Gasteiger charge is -2.47. The molecule has 2 aromatic heterocycles. The lowest BCUT2D eigenvalue weighted by Crippen LogP contribution is -2.60. The van der Waals surface area contributed by atoms with E-state index in [1.807, 2.05) is 11.9 Å². The van der Waals surface area contributed by atoms with E-state index in [1.54, 1.807) is 27.1 Å². The van der Waals surface area contributed by atoms with E-state index in [0.29, 0.717) is 35.5 Å². The molecular formula is C22H24F3N5O2. The van der Waals surface area contributed by atoms with E-state index in [4.69, 9.17) is 4.74 Å². The molecular weight excluding hydrogens is 423 g/mol. The van der Waals surface area contributed by atoms with Crippen LogP contribution in [0.3, 0.4) is 0 Å². The predicted octanol–water partition coefficient (Wildman–Crippen LogP) is 3.37. The number of likely N-dealkylation sites (tertiary alicyclic amines) is 1. The minimum atomic E-state index is -2.91. The van der Waals surface area contributed by atoms with Gasteiger partial charge in [-0.25, -0.2) is 23.1 Å². The van der Waals surface area contributed by atoms with Gasteiger partial charge in [-0.05, 0) is 20.0 Å². The van der Waals surface area contributed by atoms with Crippen molar-refractivity contribution in [3.05, 3.63) is 63.5 Å². The number of methoxy groups -OCH3 is 1. The van der Waals surface area contributed by atoms with Crippen LogP contribution in [0.15, 0.2) is 35.4 Å². The average Bonchev–Trinajstić information content (AvgIpc) is 2.74. The van der Waals surface area contributed by atoms with Crippen LogP contribution in [-0.2, 0) is 17.4 Å². The third-order valence-corrected chi connectivity index (χ3v) is 6.05. The first-order chi connectivity index (χ1) is 15.2. The molecule has 3 heterocycles. The monoisotopic (exact) mass is 447 g/mol. The number of nitrogens with zero attached hydrogens (tertiary/aromatic N) is 4. The smallest absolute Gasteiger partial charge is 0.266 e. The molecule has 1 saturated heterocycles. The number of hydrogen-bond donors (Lipinski definition) is 1. The summed E-state index contributed by atoms with van der Waals surface area (Å²) >= 11 is 0. The molecule has 0 unspecified atom stereocenters. The van der Waals surface area contributed by atoms with Crippen molar-refractivity contribution in [3.63, 3.8) is 0 Å². The highest BCUT2D eigenvalue weighted by Gasteiger charge is 2.45. The minimum absolute atomic E-state index is 0.0913. The Labute approximate surface area is 182 Å². The van der Waals surface area contributed by atoms with Crippen LogP contribution in [-0.4, -0.2) is 46.7 Å². The van der Waals surface area contributed by atoms with Crippen molar-refractivity contribution >= 4 is 16.9 Å². The van der Waals surface area contributed by atoms with E-state index in [-0.39, 0.29) is 11.1 Å². The van der Waals surface area contributed by atoms with Crippen molar-refractivity contribution in [2.45, 2.75) is 25.0 Å². The molecule has 32 heavy (non-hydrogen) atoms. The third kappa shape index (κ3) is 3.53. The Balaban J connectivity index is 1.79. The van der Waals surface area contributed by atoms with Gasteiger partial charge in [0.2, 0.25) is 0 Å².